The second kappa shape index (κ2) is 6.35. The zero-order valence-electron chi connectivity index (χ0n) is 13.7. The van der Waals surface area contributed by atoms with E-state index in [1.54, 1.807) is 13.0 Å². The van der Waals surface area contributed by atoms with Gasteiger partial charge in [0.2, 0.25) is 11.8 Å². The number of fused-ring (bicyclic) bond motifs is 1. The van der Waals surface area contributed by atoms with Gasteiger partial charge in [0.25, 0.3) is 0 Å². The van der Waals surface area contributed by atoms with E-state index in [1.165, 1.54) is 0 Å². The summed E-state index contributed by atoms with van der Waals surface area (Å²) in [6, 6.07) is 9.25. The van der Waals surface area contributed by atoms with Crippen molar-refractivity contribution in [2.75, 3.05) is 16.8 Å². The van der Waals surface area contributed by atoms with Crippen LogP contribution in [0.25, 0.3) is 0 Å². The van der Waals surface area contributed by atoms with Crippen molar-refractivity contribution >= 4 is 23.3 Å². The first-order valence-corrected chi connectivity index (χ1v) is 7.83. The summed E-state index contributed by atoms with van der Waals surface area (Å²) < 4.78 is 4.94. The van der Waals surface area contributed by atoms with Gasteiger partial charge in [-0.1, -0.05) is 23.4 Å². The molecule has 0 aliphatic carbocycles. The summed E-state index contributed by atoms with van der Waals surface area (Å²) in [5, 5.41) is 6.48. The van der Waals surface area contributed by atoms with Gasteiger partial charge in [0.1, 0.15) is 5.76 Å². The van der Waals surface area contributed by atoms with Crippen molar-refractivity contribution in [3.63, 3.8) is 0 Å². The molecule has 2 heterocycles. The number of hydrogen-bond acceptors (Lipinski definition) is 5. The van der Waals surface area contributed by atoms with E-state index >= 15 is 0 Å². The molecular weight excluding hydrogens is 308 g/mol. The van der Waals surface area contributed by atoms with E-state index in [0.29, 0.717) is 18.0 Å². The van der Waals surface area contributed by atoms with Crippen molar-refractivity contribution in [3.05, 3.63) is 41.7 Å². The van der Waals surface area contributed by atoms with Crippen LogP contribution in [0, 0.1) is 6.92 Å². The van der Waals surface area contributed by atoms with Crippen molar-refractivity contribution in [3.8, 4) is 0 Å². The van der Waals surface area contributed by atoms with Gasteiger partial charge < -0.3 is 20.5 Å². The van der Waals surface area contributed by atoms with Gasteiger partial charge in [-0.05, 0) is 31.9 Å². The average Bonchev–Trinajstić information content (AvgIpc) is 2.94. The van der Waals surface area contributed by atoms with Crippen molar-refractivity contribution in [2.45, 2.75) is 32.2 Å². The number of aryl methyl sites for hydroxylation is 1. The quantitative estimate of drug-likeness (QED) is 0.891. The van der Waals surface area contributed by atoms with Gasteiger partial charge in [-0.15, -0.1) is 0 Å². The smallest absolute Gasteiger partial charge is 0.245 e. The number of carbonyl (C=O) groups excluding carboxylic acids is 2. The van der Waals surface area contributed by atoms with Crippen LogP contribution in [-0.2, 0) is 9.59 Å². The van der Waals surface area contributed by atoms with E-state index < -0.39 is 0 Å². The standard InChI is InChI=1S/C17H20N4O3/c1-10-7-13(17(18)23)12-5-3-4-6-14(12)21(10)9-16(22)19-15-8-11(2)24-20-15/h3-6,8,10,13H,7,9H2,1-2H3,(H2,18,23)(H,19,20,22)/t10-,13-/m0/s1. The van der Waals surface area contributed by atoms with Gasteiger partial charge >= 0.3 is 0 Å². The first-order chi connectivity index (χ1) is 11.5. The molecule has 3 rings (SSSR count). The van der Waals surface area contributed by atoms with Crippen LogP contribution in [0.4, 0.5) is 11.5 Å². The monoisotopic (exact) mass is 328 g/mol. The Hall–Kier alpha value is -2.83. The number of amides is 2. The highest BCUT2D eigenvalue weighted by atomic mass is 16.5. The van der Waals surface area contributed by atoms with Crippen LogP contribution in [-0.4, -0.2) is 29.6 Å². The van der Waals surface area contributed by atoms with Gasteiger partial charge in [0.15, 0.2) is 5.82 Å². The number of carbonyl (C=O) groups is 2. The molecule has 126 valence electrons. The molecule has 1 aliphatic rings. The lowest BCUT2D eigenvalue weighted by molar-refractivity contribution is -0.119. The van der Waals surface area contributed by atoms with Crippen LogP contribution in [0.3, 0.4) is 0 Å². The maximum atomic E-state index is 12.3. The minimum absolute atomic E-state index is 0.0159. The maximum absolute atomic E-state index is 12.3. The average molecular weight is 328 g/mol. The van der Waals surface area contributed by atoms with Crippen LogP contribution >= 0.6 is 0 Å². The Labute approximate surface area is 139 Å². The van der Waals surface area contributed by atoms with E-state index in [9.17, 15) is 9.59 Å². The lowest BCUT2D eigenvalue weighted by Crippen LogP contribution is -2.45. The van der Waals surface area contributed by atoms with Gasteiger partial charge in [0.05, 0.1) is 12.5 Å². The fraction of sp³-hybridized carbons (Fsp3) is 0.353. The third-order valence-electron chi connectivity index (χ3n) is 4.28. The predicted octanol–water partition coefficient (Wildman–Crippen LogP) is 1.79. The van der Waals surface area contributed by atoms with Gasteiger partial charge in [-0.2, -0.15) is 0 Å². The van der Waals surface area contributed by atoms with Crippen molar-refractivity contribution in [1.82, 2.24) is 5.16 Å². The maximum Gasteiger partial charge on any atom is 0.245 e. The van der Waals surface area contributed by atoms with Crippen LogP contribution < -0.4 is 16.0 Å². The number of para-hydroxylation sites is 1. The summed E-state index contributed by atoms with van der Waals surface area (Å²) in [4.78, 5) is 26.1. The molecule has 7 nitrogen and oxygen atoms in total. The number of nitrogens with two attached hydrogens (primary N) is 1. The van der Waals surface area contributed by atoms with E-state index in [-0.39, 0.29) is 30.3 Å². The Balaban J connectivity index is 1.80. The molecule has 1 aliphatic heterocycles. The Bertz CT molecular complexity index is 771. The number of nitrogens with zero attached hydrogens (tertiary/aromatic N) is 2. The molecule has 2 atom stereocenters. The molecule has 7 heteroatoms. The van der Waals surface area contributed by atoms with Crippen molar-refractivity contribution in [2.24, 2.45) is 5.73 Å². The fourth-order valence-electron chi connectivity index (χ4n) is 3.15. The minimum atomic E-state index is -0.337. The Morgan fingerprint density at radius 3 is 2.83 bits per heavy atom. The van der Waals surface area contributed by atoms with Crippen molar-refractivity contribution in [1.29, 1.82) is 0 Å². The third-order valence-corrected chi connectivity index (χ3v) is 4.28. The lowest BCUT2D eigenvalue weighted by Gasteiger charge is -2.39. The molecule has 3 N–H and O–H groups in total. The molecule has 0 radical (unpaired) electrons. The van der Waals surface area contributed by atoms with Gasteiger partial charge in [0, 0.05) is 17.8 Å². The summed E-state index contributed by atoms with van der Waals surface area (Å²) in [6.07, 6.45) is 0.586. The van der Waals surface area contributed by atoms with E-state index in [0.717, 1.165) is 11.3 Å². The fourth-order valence-corrected chi connectivity index (χ4v) is 3.15. The number of hydrogen-bond donors (Lipinski definition) is 2. The van der Waals surface area contributed by atoms with Crippen LogP contribution in [0.15, 0.2) is 34.9 Å². The highest BCUT2D eigenvalue weighted by Gasteiger charge is 2.33. The topological polar surface area (TPSA) is 101 Å². The molecule has 0 fully saturated rings. The second-order valence-corrected chi connectivity index (χ2v) is 6.10. The van der Waals surface area contributed by atoms with E-state index in [2.05, 4.69) is 10.5 Å². The molecule has 1 aromatic carbocycles. The van der Waals surface area contributed by atoms with Crippen LogP contribution in [0.1, 0.15) is 30.6 Å². The summed E-state index contributed by atoms with van der Waals surface area (Å²) in [7, 11) is 0. The molecule has 0 unspecified atom stereocenters. The number of aromatic nitrogens is 1. The molecule has 0 saturated heterocycles. The van der Waals surface area contributed by atoms with Crippen LogP contribution in [0.2, 0.25) is 0 Å². The first-order valence-electron chi connectivity index (χ1n) is 7.83. The van der Waals surface area contributed by atoms with Crippen molar-refractivity contribution < 1.29 is 14.1 Å². The summed E-state index contributed by atoms with van der Waals surface area (Å²) in [5.74, 6) is 0.171. The number of rotatable bonds is 4. The zero-order chi connectivity index (χ0) is 17.3. The third kappa shape index (κ3) is 3.10. The summed E-state index contributed by atoms with van der Waals surface area (Å²) in [5.41, 5.74) is 7.28. The summed E-state index contributed by atoms with van der Waals surface area (Å²) >= 11 is 0. The molecule has 2 amide bonds. The number of anilines is 2. The minimum Gasteiger partial charge on any atom is -0.369 e. The molecule has 2 aromatic rings. The lowest BCUT2D eigenvalue weighted by atomic mass is 9.85. The highest BCUT2D eigenvalue weighted by molar-refractivity contribution is 5.94. The Morgan fingerprint density at radius 2 is 2.17 bits per heavy atom. The molecule has 1 aromatic heterocycles. The van der Waals surface area contributed by atoms with E-state index in [4.69, 9.17) is 10.3 Å². The summed E-state index contributed by atoms with van der Waals surface area (Å²) in [6.45, 7) is 3.91. The number of primary amides is 1. The van der Waals surface area contributed by atoms with Crippen LogP contribution in [0.5, 0.6) is 0 Å². The molecule has 24 heavy (non-hydrogen) atoms. The number of benzene rings is 1. The Kier molecular flexibility index (Phi) is 4.24. The largest absolute Gasteiger partial charge is 0.369 e. The predicted molar refractivity (Wildman–Crippen MR) is 89.7 cm³/mol. The number of nitrogens with one attached hydrogen (secondary N) is 1. The van der Waals surface area contributed by atoms with Gasteiger partial charge in [-0.3, -0.25) is 9.59 Å². The zero-order valence-corrected chi connectivity index (χ0v) is 13.7. The van der Waals surface area contributed by atoms with Gasteiger partial charge in [-0.25, -0.2) is 0 Å². The molecular formula is C17H20N4O3. The molecule has 0 spiro atoms. The second-order valence-electron chi connectivity index (χ2n) is 6.10. The normalized spacial score (nSPS) is 19.7. The van der Waals surface area contributed by atoms with E-state index in [1.807, 2.05) is 36.1 Å². The molecule has 0 bridgehead atoms. The molecule has 0 saturated carbocycles. The SMILES string of the molecule is Cc1cc(NC(=O)CN2c3ccccc3[C@@H](C(N)=O)C[C@@H]2C)no1. The Morgan fingerprint density at radius 1 is 1.42 bits per heavy atom. The highest BCUT2D eigenvalue weighted by Crippen LogP contribution is 2.37. The first kappa shape index (κ1) is 16.0.